The van der Waals surface area contributed by atoms with Gasteiger partial charge in [0.05, 0.1) is 9.92 Å². The van der Waals surface area contributed by atoms with E-state index < -0.39 is 15.8 Å². The maximum absolute atomic E-state index is 13.7. The zero-order chi connectivity index (χ0) is 14.9. The molecule has 1 aliphatic rings. The fourth-order valence-electron chi connectivity index (χ4n) is 2.07. The number of hydrogen-bond acceptors (Lipinski definition) is 3. The lowest BCUT2D eigenvalue weighted by molar-refractivity contribution is 0.367. The van der Waals surface area contributed by atoms with Gasteiger partial charge in [-0.25, -0.2) is 12.8 Å². The highest BCUT2D eigenvalue weighted by atomic mass is 35.5. The average Bonchev–Trinajstić information content (AvgIpc) is 2.41. The van der Waals surface area contributed by atoms with Crippen molar-refractivity contribution in [3.63, 3.8) is 0 Å². The van der Waals surface area contributed by atoms with Crippen molar-refractivity contribution < 1.29 is 12.8 Å². The Balaban J connectivity index is 2.46. The van der Waals surface area contributed by atoms with Gasteiger partial charge in [0.25, 0.3) is 0 Å². The molecule has 112 valence electrons. The number of sulfonamides is 1. The minimum absolute atomic E-state index is 0.0372. The van der Waals surface area contributed by atoms with Crippen LogP contribution in [-0.4, -0.2) is 36.8 Å². The Morgan fingerprint density at radius 2 is 2.20 bits per heavy atom. The van der Waals surface area contributed by atoms with Gasteiger partial charge in [0, 0.05) is 30.0 Å². The van der Waals surface area contributed by atoms with Crippen LogP contribution in [0.25, 0.3) is 0 Å². The molecule has 0 radical (unpaired) electrons. The zero-order valence-corrected chi connectivity index (χ0v) is 13.9. The second kappa shape index (κ2) is 6.40. The van der Waals surface area contributed by atoms with Crippen molar-refractivity contribution in [2.24, 2.45) is 0 Å². The summed E-state index contributed by atoms with van der Waals surface area (Å²) in [5.74, 6) is 0.673. The van der Waals surface area contributed by atoms with Crippen molar-refractivity contribution >= 4 is 45.0 Å². The van der Waals surface area contributed by atoms with Gasteiger partial charge in [0.15, 0.2) is 0 Å². The molecule has 3 nitrogen and oxygen atoms in total. The quantitative estimate of drug-likeness (QED) is 0.778. The molecule has 1 atom stereocenters. The number of alkyl halides is 1. The Morgan fingerprint density at radius 3 is 2.80 bits per heavy atom. The lowest BCUT2D eigenvalue weighted by Gasteiger charge is -2.32. The van der Waals surface area contributed by atoms with Crippen molar-refractivity contribution in [2.75, 3.05) is 18.1 Å². The molecule has 8 heteroatoms. The van der Waals surface area contributed by atoms with E-state index in [0.29, 0.717) is 6.54 Å². The highest BCUT2D eigenvalue weighted by molar-refractivity contribution is 7.99. The average molecular weight is 358 g/mol. The fourth-order valence-corrected chi connectivity index (χ4v) is 5.44. The third-order valence-corrected chi connectivity index (χ3v) is 7.03. The van der Waals surface area contributed by atoms with Crippen molar-refractivity contribution in [1.29, 1.82) is 0 Å². The minimum atomic E-state index is -3.72. The molecular weight excluding hydrogens is 344 g/mol. The standard InChI is InChI=1S/C12H14Cl2FNO2S2/c1-8-7-19-3-2-16(8)20(17,18)10-4-9(6-13)12(14)11(15)5-10/h4-5,8H,2-3,6-7H2,1H3. The number of rotatable bonds is 3. The highest BCUT2D eigenvalue weighted by Gasteiger charge is 2.32. The lowest BCUT2D eigenvalue weighted by Crippen LogP contribution is -2.44. The van der Waals surface area contributed by atoms with Crippen molar-refractivity contribution in [2.45, 2.75) is 23.7 Å². The van der Waals surface area contributed by atoms with Crippen LogP contribution in [0.15, 0.2) is 17.0 Å². The second-order valence-corrected chi connectivity index (χ2v) is 8.24. The predicted octanol–water partition coefficient (Wildman–Crippen LogP) is 3.34. The Morgan fingerprint density at radius 1 is 1.50 bits per heavy atom. The van der Waals surface area contributed by atoms with E-state index >= 15 is 0 Å². The van der Waals surface area contributed by atoms with Gasteiger partial charge >= 0.3 is 0 Å². The van der Waals surface area contributed by atoms with Crippen molar-refractivity contribution in [3.05, 3.63) is 28.5 Å². The molecule has 1 unspecified atom stereocenters. The summed E-state index contributed by atoms with van der Waals surface area (Å²) in [6.07, 6.45) is 0. The molecule has 0 saturated carbocycles. The minimum Gasteiger partial charge on any atom is -0.207 e. The molecule has 1 heterocycles. The van der Waals surface area contributed by atoms with Crippen LogP contribution in [0.4, 0.5) is 4.39 Å². The van der Waals surface area contributed by atoms with Crippen molar-refractivity contribution in [1.82, 2.24) is 4.31 Å². The summed E-state index contributed by atoms with van der Waals surface area (Å²) in [7, 11) is -3.72. The number of thioether (sulfide) groups is 1. The smallest absolute Gasteiger partial charge is 0.207 e. The topological polar surface area (TPSA) is 37.4 Å². The van der Waals surface area contributed by atoms with Gasteiger partial charge in [-0.3, -0.25) is 0 Å². The third-order valence-electron chi connectivity index (χ3n) is 3.13. The Kier molecular flexibility index (Phi) is 5.24. The summed E-state index contributed by atoms with van der Waals surface area (Å²) in [4.78, 5) is -0.0891. The first-order valence-electron chi connectivity index (χ1n) is 6.01. The number of benzene rings is 1. The van der Waals surface area contributed by atoms with Crippen LogP contribution in [0.1, 0.15) is 12.5 Å². The van der Waals surface area contributed by atoms with Crippen LogP contribution < -0.4 is 0 Å². The molecular formula is C12H14Cl2FNO2S2. The van der Waals surface area contributed by atoms with Gasteiger partial charge in [-0.15, -0.1) is 11.6 Å². The van der Waals surface area contributed by atoms with E-state index in [0.717, 1.165) is 17.6 Å². The Labute approximate surface area is 132 Å². The van der Waals surface area contributed by atoms with Gasteiger partial charge in [0.1, 0.15) is 5.82 Å². The summed E-state index contributed by atoms with van der Waals surface area (Å²) < 4.78 is 40.3. The Bertz CT molecular complexity index is 610. The van der Waals surface area contributed by atoms with Crippen LogP contribution in [0, 0.1) is 5.82 Å². The first-order valence-corrected chi connectivity index (χ1v) is 9.52. The molecule has 20 heavy (non-hydrogen) atoms. The van der Waals surface area contributed by atoms with Crippen LogP contribution in [0.3, 0.4) is 0 Å². The molecule has 0 amide bonds. The molecule has 1 aliphatic heterocycles. The van der Waals surface area contributed by atoms with Crippen LogP contribution >= 0.6 is 35.0 Å². The van der Waals surface area contributed by atoms with Gasteiger partial charge < -0.3 is 0 Å². The van der Waals surface area contributed by atoms with Gasteiger partial charge in [-0.1, -0.05) is 11.6 Å². The molecule has 0 aromatic heterocycles. The van der Waals surface area contributed by atoms with E-state index in [9.17, 15) is 12.8 Å². The van der Waals surface area contributed by atoms with E-state index in [1.165, 1.54) is 10.4 Å². The molecule has 1 fully saturated rings. The first kappa shape index (κ1) is 16.4. The number of hydrogen-bond donors (Lipinski definition) is 0. The monoisotopic (exact) mass is 357 g/mol. The molecule has 2 rings (SSSR count). The lowest BCUT2D eigenvalue weighted by atomic mass is 10.2. The molecule has 0 bridgehead atoms. The second-order valence-electron chi connectivity index (χ2n) is 4.55. The summed E-state index contributed by atoms with van der Waals surface area (Å²) in [6.45, 7) is 2.27. The molecule has 0 aliphatic carbocycles. The summed E-state index contributed by atoms with van der Waals surface area (Å²) >= 11 is 13.1. The normalized spacial score (nSPS) is 21.1. The maximum Gasteiger partial charge on any atom is 0.243 e. The molecule has 0 spiro atoms. The fraction of sp³-hybridized carbons (Fsp3) is 0.500. The predicted molar refractivity (Wildman–Crippen MR) is 81.6 cm³/mol. The van der Waals surface area contributed by atoms with Crippen LogP contribution in [0.2, 0.25) is 5.02 Å². The van der Waals surface area contributed by atoms with Gasteiger partial charge in [-0.2, -0.15) is 16.1 Å². The summed E-state index contributed by atoms with van der Waals surface area (Å²) in [5, 5.41) is -0.124. The molecule has 0 N–H and O–H groups in total. The SMILES string of the molecule is CC1CSCCN1S(=O)(=O)c1cc(F)c(Cl)c(CCl)c1. The van der Waals surface area contributed by atoms with E-state index in [4.69, 9.17) is 23.2 Å². The van der Waals surface area contributed by atoms with E-state index in [2.05, 4.69) is 0 Å². The van der Waals surface area contributed by atoms with Gasteiger partial charge in [-0.05, 0) is 24.6 Å². The van der Waals surface area contributed by atoms with E-state index in [-0.39, 0.29) is 27.4 Å². The van der Waals surface area contributed by atoms with E-state index in [1.807, 2.05) is 6.92 Å². The molecule has 1 aromatic carbocycles. The first-order chi connectivity index (χ1) is 9.37. The third kappa shape index (κ3) is 3.09. The summed E-state index contributed by atoms with van der Waals surface area (Å²) in [6, 6.07) is 2.20. The number of nitrogens with zero attached hydrogens (tertiary/aromatic N) is 1. The Hall–Kier alpha value is -0.0100. The zero-order valence-electron chi connectivity index (χ0n) is 10.8. The van der Waals surface area contributed by atoms with Crippen LogP contribution in [0.5, 0.6) is 0 Å². The molecule has 1 saturated heterocycles. The summed E-state index contributed by atoms with van der Waals surface area (Å²) in [5.41, 5.74) is 0.283. The van der Waals surface area contributed by atoms with E-state index in [1.54, 1.807) is 11.8 Å². The molecule has 1 aromatic rings. The largest absolute Gasteiger partial charge is 0.243 e. The van der Waals surface area contributed by atoms with Gasteiger partial charge in [0.2, 0.25) is 10.0 Å². The van der Waals surface area contributed by atoms with Crippen LogP contribution in [-0.2, 0) is 15.9 Å². The number of halogens is 3. The van der Waals surface area contributed by atoms with Crippen molar-refractivity contribution in [3.8, 4) is 0 Å². The maximum atomic E-state index is 13.7. The highest BCUT2D eigenvalue weighted by Crippen LogP contribution is 2.29.